The average molecular weight is 535 g/mol. The molecule has 0 radical (unpaired) electrons. The lowest BCUT2D eigenvalue weighted by atomic mass is 10.1. The number of carboxylic acid groups (broad SMARTS) is 1. The fourth-order valence-electron chi connectivity index (χ4n) is 3.79. The van der Waals surface area contributed by atoms with Crippen LogP contribution in [0.3, 0.4) is 0 Å². The number of nitrogens with one attached hydrogen (secondary N) is 1. The second-order valence-corrected chi connectivity index (χ2v) is 11.8. The van der Waals surface area contributed by atoms with Gasteiger partial charge in [0.25, 0.3) is 10.0 Å². The minimum absolute atomic E-state index is 0.134. The van der Waals surface area contributed by atoms with Gasteiger partial charge in [0.1, 0.15) is 22.6 Å². The Bertz CT molecular complexity index is 1320. The molecule has 0 bridgehead atoms. The van der Waals surface area contributed by atoms with Gasteiger partial charge in [0, 0.05) is 13.1 Å². The van der Waals surface area contributed by atoms with Crippen LogP contribution in [0.15, 0.2) is 64.9 Å². The predicted molar refractivity (Wildman–Crippen MR) is 132 cm³/mol. The van der Waals surface area contributed by atoms with Crippen LogP contribution in [-0.2, 0) is 28.0 Å². The number of sulfonamides is 1. The second kappa shape index (κ2) is 10.8. The summed E-state index contributed by atoms with van der Waals surface area (Å²) in [6.45, 7) is 0.813. The zero-order valence-electron chi connectivity index (χ0n) is 18.5. The standard InChI is InChI=1S/C24H23ClN2O6S2/c25-21-10-11-22(34-21)35(31,32)27-12-2-5-20(27)23(28)26-14-16-6-8-17(9-7-16)15-33-19-4-1-3-18(13-19)24(29)30/h1,3-4,6-11,13,20H,2,5,12,14-15H2,(H,26,28)(H,29,30)/t20-/m0/s1. The number of hydrogen-bond acceptors (Lipinski definition) is 6. The molecule has 3 aromatic rings. The highest BCUT2D eigenvalue weighted by atomic mass is 35.5. The Labute approximate surface area is 212 Å². The molecule has 0 aliphatic carbocycles. The minimum Gasteiger partial charge on any atom is -0.489 e. The molecule has 2 N–H and O–H groups in total. The van der Waals surface area contributed by atoms with Crippen LogP contribution in [0.1, 0.15) is 34.3 Å². The van der Waals surface area contributed by atoms with E-state index >= 15 is 0 Å². The van der Waals surface area contributed by atoms with Crippen molar-refractivity contribution in [2.75, 3.05) is 6.54 Å². The van der Waals surface area contributed by atoms with E-state index in [0.29, 0.717) is 29.5 Å². The van der Waals surface area contributed by atoms with Gasteiger partial charge >= 0.3 is 5.97 Å². The molecule has 11 heteroatoms. The van der Waals surface area contributed by atoms with Crippen molar-refractivity contribution < 1.29 is 27.9 Å². The van der Waals surface area contributed by atoms with Crippen LogP contribution >= 0.6 is 22.9 Å². The lowest BCUT2D eigenvalue weighted by molar-refractivity contribution is -0.124. The number of carboxylic acids is 1. The Hall–Kier alpha value is -2.92. The molecule has 2 aromatic carbocycles. The number of carbonyl (C=O) groups is 2. The Morgan fingerprint density at radius 1 is 1.11 bits per heavy atom. The third-order valence-electron chi connectivity index (χ3n) is 5.59. The van der Waals surface area contributed by atoms with Crippen LogP contribution < -0.4 is 10.1 Å². The number of hydrogen-bond donors (Lipinski definition) is 2. The van der Waals surface area contributed by atoms with Crippen molar-refractivity contribution in [3.63, 3.8) is 0 Å². The smallest absolute Gasteiger partial charge is 0.335 e. The molecule has 1 saturated heterocycles. The molecule has 2 heterocycles. The van der Waals surface area contributed by atoms with Gasteiger partial charge in [-0.15, -0.1) is 11.3 Å². The molecular formula is C24H23ClN2O6S2. The van der Waals surface area contributed by atoms with Crippen molar-refractivity contribution in [3.8, 4) is 5.75 Å². The maximum atomic E-state index is 12.9. The van der Waals surface area contributed by atoms with Gasteiger partial charge in [0.05, 0.1) is 9.90 Å². The molecule has 1 aromatic heterocycles. The van der Waals surface area contributed by atoms with E-state index in [4.69, 9.17) is 21.4 Å². The number of amides is 1. The monoisotopic (exact) mass is 534 g/mol. The zero-order valence-corrected chi connectivity index (χ0v) is 20.9. The van der Waals surface area contributed by atoms with Gasteiger partial charge in [0.15, 0.2) is 0 Å². The first kappa shape index (κ1) is 25.2. The van der Waals surface area contributed by atoms with E-state index in [2.05, 4.69) is 5.32 Å². The number of carbonyl (C=O) groups excluding carboxylic acids is 1. The molecular weight excluding hydrogens is 512 g/mol. The zero-order chi connectivity index (χ0) is 25.0. The lowest BCUT2D eigenvalue weighted by Gasteiger charge is -2.22. The van der Waals surface area contributed by atoms with E-state index in [0.717, 1.165) is 22.5 Å². The summed E-state index contributed by atoms with van der Waals surface area (Å²) in [6.07, 6.45) is 1.07. The van der Waals surface area contributed by atoms with Crippen LogP contribution in [0, 0.1) is 0 Å². The van der Waals surface area contributed by atoms with Gasteiger partial charge in [-0.3, -0.25) is 4.79 Å². The van der Waals surface area contributed by atoms with Gasteiger partial charge in [-0.1, -0.05) is 41.9 Å². The molecule has 4 rings (SSSR count). The van der Waals surface area contributed by atoms with E-state index in [9.17, 15) is 18.0 Å². The fraction of sp³-hybridized carbons (Fsp3) is 0.250. The molecule has 0 spiro atoms. The normalized spacial score (nSPS) is 16.2. The third kappa shape index (κ3) is 6.02. The molecule has 1 fully saturated rings. The van der Waals surface area contributed by atoms with E-state index in [1.165, 1.54) is 28.6 Å². The highest BCUT2D eigenvalue weighted by Crippen LogP contribution is 2.32. The van der Waals surface area contributed by atoms with Crippen LogP contribution in [0.2, 0.25) is 4.34 Å². The van der Waals surface area contributed by atoms with E-state index in [1.807, 2.05) is 24.3 Å². The number of aromatic carboxylic acids is 1. The van der Waals surface area contributed by atoms with Crippen molar-refractivity contribution in [1.29, 1.82) is 0 Å². The number of ether oxygens (including phenoxy) is 1. The molecule has 1 aliphatic heterocycles. The third-order valence-corrected chi connectivity index (χ3v) is 9.20. The molecule has 8 nitrogen and oxygen atoms in total. The topological polar surface area (TPSA) is 113 Å². The first-order valence-electron chi connectivity index (χ1n) is 10.8. The van der Waals surface area contributed by atoms with Crippen LogP contribution in [0.5, 0.6) is 5.75 Å². The molecule has 1 atom stereocenters. The summed E-state index contributed by atoms with van der Waals surface area (Å²) >= 11 is 6.88. The maximum Gasteiger partial charge on any atom is 0.335 e. The molecule has 1 aliphatic rings. The van der Waals surface area contributed by atoms with Crippen molar-refractivity contribution in [1.82, 2.24) is 9.62 Å². The number of benzene rings is 2. The van der Waals surface area contributed by atoms with Gasteiger partial charge in [-0.05, 0) is 54.3 Å². The number of rotatable bonds is 9. The molecule has 0 saturated carbocycles. The summed E-state index contributed by atoms with van der Waals surface area (Å²) in [5.41, 5.74) is 1.89. The summed E-state index contributed by atoms with van der Waals surface area (Å²) < 4.78 is 33.3. The minimum atomic E-state index is -3.78. The highest BCUT2D eigenvalue weighted by molar-refractivity contribution is 7.91. The highest BCUT2D eigenvalue weighted by Gasteiger charge is 2.40. The number of nitrogens with zero attached hydrogens (tertiary/aromatic N) is 1. The summed E-state index contributed by atoms with van der Waals surface area (Å²) in [5.74, 6) is -0.891. The van der Waals surface area contributed by atoms with Gasteiger partial charge in [-0.2, -0.15) is 4.31 Å². The molecule has 0 unspecified atom stereocenters. The predicted octanol–water partition coefficient (Wildman–Crippen LogP) is 4.15. The molecule has 35 heavy (non-hydrogen) atoms. The second-order valence-electron chi connectivity index (χ2n) is 7.99. The fourth-order valence-corrected chi connectivity index (χ4v) is 7.06. The Morgan fingerprint density at radius 2 is 1.86 bits per heavy atom. The lowest BCUT2D eigenvalue weighted by Crippen LogP contribution is -2.45. The van der Waals surface area contributed by atoms with Gasteiger partial charge in [-0.25, -0.2) is 13.2 Å². The average Bonchev–Trinajstić information content (AvgIpc) is 3.52. The Balaban J connectivity index is 1.32. The van der Waals surface area contributed by atoms with E-state index in [-0.39, 0.29) is 28.8 Å². The summed E-state index contributed by atoms with van der Waals surface area (Å²) in [5, 5.41) is 11.9. The number of halogens is 1. The number of thiophene rings is 1. The molecule has 184 valence electrons. The summed E-state index contributed by atoms with van der Waals surface area (Å²) in [6, 6.07) is 15.9. The SMILES string of the molecule is O=C(O)c1cccc(OCc2ccc(CNC(=O)[C@@H]3CCCN3S(=O)(=O)c3ccc(Cl)s3)cc2)c1. The van der Waals surface area contributed by atoms with E-state index < -0.39 is 22.0 Å². The first-order valence-corrected chi connectivity index (χ1v) is 13.5. The largest absolute Gasteiger partial charge is 0.489 e. The van der Waals surface area contributed by atoms with Gasteiger partial charge in [0.2, 0.25) is 5.91 Å². The molecule has 1 amide bonds. The van der Waals surface area contributed by atoms with Crippen LogP contribution in [0.25, 0.3) is 0 Å². The van der Waals surface area contributed by atoms with Crippen LogP contribution in [-0.4, -0.2) is 42.3 Å². The van der Waals surface area contributed by atoms with Gasteiger partial charge < -0.3 is 15.2 Å². The maximum absolute atomic E-state index is 12.9. The quantitative estimate of drug-likeness (QED) is 0.426. The van der Waals surface area contributed by atoms with E-state index in [1.54, 1.807) is 12.1 Å². The first-order chi connectivity index (χ1) is 16.7. The van der Waals surface area contributed by atoms with Crippen molar-refractivity contribution in [2.24, 2.45) is 0 Å². The Kier molecular flexibility index (Phi) is 7.75. The Morgan fingerprint density at radius 3 is 2.54 bits per heavy atom. The van der Waals surface area contributed by atoms with Crippen LogP contribution in [0.4, 0.5) is 0 Å². The summed E-state index contributed by atoms with van der Waals surface area (Å²) in [4.78, 5) is 23.9. The van der Waals surface area contributed by atoms with Crippen molar-refractivity contribution >= 4 is 44.8 Å². The van der Waals surface area contributed by atoms with Crippen molar-refractivity contribution in [2.45, 2.75) is 36.2 Å². The van der Waals surface area contributed by atoms with Crippen molar-refractivity contribution in [3.05, 3.63) is 81.7 Å². The summed E-state index contributed by atoms with van der Waals surface area (Å²) in [7, 11) is -3.78.